The molecule has 0 radical (unpaired) electrons. The molecule has 5 heteroatoms. The van der Waals surface area contributed by atoms with E-state index < -0.39 is 5.97 Å². The molecule has 0 spiro atoms. The highest BCUT2D eigenvalue weighted by Crippen LogP contribution is 2.26. The van der Waals surface area contributed by atoms with Gasteiger partial charge in [-0.3, -0.25) is 5.10 Å². The van der Waals surface area contributed by atoms with E-state index in [4.69, 9.17) is 9.47 Å². The van der Waals surface area contributed by atoms with Crippen molar-refractivity contribution in [3.8, 4) is 22.8 Å². The summed E-state index contributed by atoms with van der Waals surface area (Å²) >= 11 is 0. The second kappa shape index (κ2) is 6.79. The number of hydrogen-bond acceptors (Lipinski definition) is 4. The standard InChI is InChI=1S/C18H16N2O3/c1-2-22-18(21)17-12-16(19-20-17)13-7-6-10-15(11-13)23-14-8-4-3-5-9-14/h3-12H,2H2,1H3,(H,19,20). The third kappa shape index (κ3) is 3.58. The van der Waals surface area contributed by atoms with Crippen molar-refractivity contribution < 1.29 is 14.3 Å². The first-order chi connectivity index (χ1) is 11.3. The van der Waals surface area contributed by atoms with E-state index in [0.717, 1.165) is 11.3 Å². The SMILES string of the molecule is CCOC(=O)c1cc(-c2cccc(Oc3ccccc3)c2)n[nH]1. The van der Waals surface area contributed by atoms with Gasteiger partial charge in [0.15, 0.2) is 0 Å². The molecule has 0 unspecified atom stereocenters. The largest absolute Gasteiger partial charge is 0.461 e. The van der Waals surface area contributed by atoms with Crippen molar-refractivity contribution in [2.75, 3.05) is 6.61 Å². The number of ether oxygens (including phenoxy) is 2. The van der Waals surface area contributed by atoms with Crippen molar-refractivity contribution in [2.45, 2.75) is 6.92 Å². The zero-order chi connectivity index (χ0) is 16.1. The van der Waals surface area contributed by atoms with E-state index in [2.05, 4.69) is 10.2 Å². The molecule has 0 bridgehead atoms. The van der Waals surface area contributed by atoms with Crippen molar-refractivity contribution in [3.63, 3.8) is 0 Å². The number of rotatable bonds is 5. The summed E-state index contributed by atoms with van der Waals surface area (Å²) in [6.07, 6.45) is 0. The second-order valence-electron chi connectivity index (χ2n) is 4.83. The average molecular weight is 308 g/mol. The first kappa shape index (κ1) is 14.8. The molecule has 0 aliphatic heterocycles. The van der Waals surface area contributed by atoms with Crippen molar-refractivity contribution in [1.82, 2.24) is 10.2 Å². The molecule has 23 heavy (non-hydrogen) atoms. The lowest BCUT2D eigenvalue weighted by Crippen LogP contribution is -2.04. The molecule has 3 rings (SSSR count). The minimum atomic E-state index is -0.414. The Labute approximate surface area is 133 Å². The number of nitrogens with one attached hydrogen (secondary N) is 1. The predicted octanol–water partition coefficient (Wildman–Crippen LogP) is 4.05. The van der Waals surface area contributed by atoms with Gasteiger partial charge in [0.25, 0.3) is 0 Å². The lowest BCUT2D eigenvalue weighted by atomic mass is 10.1. The molecule has 0 aliphatic rings. The van der Waals surface area contributed by atoms with Gasteiger partial charge in [-0.25, -0.2) is 4.79 Å². The second-order valence-corrected chi connectivity index (χ2v) is 4.83. The van der Waals surface area contributed by atoms with Crippen LogP contribution in [0.5, 0.6) is 11.5 Å². The number of esters is 1. The molecule has 0 aliphatic carbocycles. The summed E-state index contributed by atoms with van der Waals surface area (Å²) < 4.78 is 10.7. The summed E-state index contributed by atoms with van der Waals surface area (Å²) in [4.78, 5) is 11.7. The Morgan fingerprint density at radius 3 is 2.61 bits per heavy atom. The number of benzene rings is 2. The molecule has 0 fully saturated rings. The van der Waals surface area contributed by atoms with Crippen LogP contribution >= 0.6 is 0 Å². The summed E-state index contributed by atoms with van der Waals surface area (Å²) in [5.74, 6) is 1.05. The minimum Gasteiger partial charge on any atom is -0.461 e. The van der Waals surface area contributed by atoms with Gasteiger partial charge in [-0.05, 0) is 37.3 Å². The van der Waals surface area contributed by atoms with Crippen molar-refractivity contribution in [1.29, 1.82) is 0 Å². The number of aromatic amines is 1. The molecule has 5 nitrogen and oxygen atoms in total. The van der Waals surface area contributed by atoms with Crippen LogP contribution < -0.4 is 4.74 Å². The van der Waals surface area contributed by atoms with Crippen LogP contribution in [0, 0.1) is 0 Å². The first-order valence-electron chi connectivity index (χ1n) is 7.32. The number of para-hydroxylation sites is 1. The monoisotopic (exact) mass is 308 g/mol. The molecule has 0 amide bonds. The van der Waals surface area contributed by atoms with E-state index in [-0.39, 0.29) is 0 Å². The number of aromatic nitrogens is 2. The van der Waals surface area contributed by atoms with E-state index in [1.807, 2.05) is 54.6 Å². The number of hydrogen-bond donors (Lipinski definition) is 1. The Kier molecular flexibility index (Phi) is 4.38. The molecule has 1 aromatic heterocycles. The maximum absolute atomic E-state index is 11.7. The number of carbonyl (C=O) groups excluding carboxylic acids is 1. The van der Waals surface area contributed by atoms with Crippen LogP contribution in [0.4, 0.5) is 0 Å². The van der Waals surface area contributed by atoms with E-state index in [1.165, 1.54) is 0 Å². The van der Waals surface area contributed by atoms with Gasteiger partial charge >= 0.3 is 5.97 Å². The normalized spacial score (nSPS) is 10.3. The van der Waals surface area contributed by atoms with Gasteiger partial charge in [0.1, 0.15) is 17.2 Å². The fraction of sp³-hybridized carbons (Fsp3) is 0.111. The molecular formula is C18H16N2O3. The van der Waals surface area contributed by atoms with Gasteiger partial charge in [0, 0.05) is 5.56 Å². The minimum absolute atomic E-state index is 0.327. The molecule has 1 N–H and O–H groups in total. The van der Waals surface area contributed by atoms with Crippen molar-refractivity contribution >= 4 is 5.97 Å². The van der Waals surface area contributed by atoms with Crippen LogP contribution in [0.25, 0.3) is 11.3 Å². The van der Waals surface area contributed by atoms with Gasteiger partial charge in [0.05, 0.1) is 12.3 Å². The maximum atomic E-state index is 11.7. The van der Waals surface area contributed by atoms with Gasteiger partial charge in [-0.2, -0.15) is 5.10 Å². The number of H-pyrrole nitrogens is 1. The van der Waals surface area contributed by atoms with E-state index >= 15 is 0 Å². The van der Waals surface area contributed by atoms with Gasteiger partial charge < -0.3 is 9.47 Å². The number of nitrogens with zero attached hydrogens (tertiary/aromatic N) is 1. The molecular weight excluding hydrogens is 292 g/mol. The Morgan fingerprint density at radius 1 is 1.04 bits per heavy atom. The Morgan fingerprint density at radius 2 is 1.83 bits per heavy atom. The van der Waals surface area contributed by atoms with Crippen LogP contribution in [-0.4, -0.2) is 22.8 Å². The molecule has 2 aromatic carbocycles. The molecule has 116 valence electrons. The van der Waals surface area contributed by atoms with Crippen molar-refractivity contribution in [2.24, 2.45) is 0 Å². The Bertz CT molecular complexity index is 797. The van der Waals surface area contributed by atoms with Gasteiger partial charge in [-0.15, -0.1) is 0 Å². The summed E-state index contributed by atoms with van der Waals surface area (Å²) in [5, 5.41) is 6.85. The zero-order valence-corrected chi connectivity index (χ0v) is 12.7. The first-order valence-corrected chi connectivity index (χ1v) is 7.32. The van der Waals surface area contributed by atoms with Gasteiger partial charge in [0.2, 0.25) is 0 Å². The number of carbonyl (C=O) groups is 1. The lowest BCUT2D eigenvalue weighted by Gasteiger charge is -2.06. The van der Waals surface area contributed by atoms with Crippen LogP contribution in [0.15, 0.2) is 60.7 Å². The van der Waals surface area contributed by atoms with E-state index in [9.17, 15) is 4.79 Å². The third-order valence-corrected chi connectivity index (χ3v) is 3.18. The molecule has 1 heterocycles. The Hall–Kier alpha value is -3.08. The summed E-state index contributed by atoms with van der Waals surface area (Å²) in [6.45, 7) is 2.09. The van der Waals surface area contributed by atoms with Crippen LogP contribution in [0.2, 0.25) is 0 Å². The Balaban J connectivity index is 1.81. The highest BCUT2D eigenvalue weighted by molar-refractivity contribution is 5.88. The van der Waals surface area contributed by atoms with E-state index in [0.29, 0.717) is 23.7 Å². The van der Waals surface area contributed by atoms with Crippen LogP contribution in [0.1, 0.15) is 17.4 Å². The summed E-state index contributed by atoms with van der Waals surface area (Å²) in [6, 6.07) is 18.7. The average Bonchev–Trinajstić information content (AvgIpc) is 3.06. The predicted molar refractivity (Wildman–Crippen MR) is 86.5 cm³/mol. The zero-order valence-electron chi connectivity index (χ0n) is 12.7. The highest BCUT2D eigenvalue weighted by atomic mass is 16.5. The third-order valence-electron chi connectivity index (χ3n) is 3.18. The summed E-state index contributed by atoms with van der Waals surface area (Å²) in [5.41, 5.74) is 1.84. The quantitative estimate of drug-likeness (QED) is 0.722. The molecule has 3 aromatic rings. The van der Waals surface area contributed by atoms with Gasteiger partial charge in [-0.1, -0.05) is 30.3 Å². The van der Waals surface area contributed by atoms with E-state index in [1.54, 1.807) is 13.0 Å². The lowest BCUT2D eigenvalue weighted by molar-refractivity contribution is 0.0519. The van der Waals surface area contributed by atoms with Crippen molar-refractivity contribution in [3.05, 3.63) is 66.4 Å². The topological polar surface area (TPSA) is 64.2 Å². The molecule has 0 saturated heterocycles. The van der Waals surface area contributed by atoms with Crippen LogP contribution in [-0.2, 0) is 4.74 Å². The maximum Gasteiger partial charge on any atom is 0.356 e. The smallest absolute Gasteiger partial charge is 0.356 e. The highest BCUT2D eigenvalue weighted by Gasteiger charge is 2.12. The fourth-order valence-electron chi connectivity index (χ4n) is 2.13. The fourth-order valence-corrected chi connectivity index (χ4v) is 2.13. The molecule has 0 saturated carbocycles. The summed E-state index contributed by atoms with van der Waals surface area (Å²) in [7, 11) is 0. The molecule has 0 atom stereocenters. The van der Waals surface area contributed by atoms with Crippen LogP contribution in [0.3, 0.4) is 0 Å².